The molecule has 0 saturated heterocycles. The predicted octanol–water partition coefficient (Wildman–Crippen LogP) is 3.87. The number of aromatic nitrogens is 1. The van der Waals surface area contributed by atoms with Crippen LogP contribution >= 0.6 is 9.39 Å². The van der Waals surface area contributed by atoms with Crippen molar-refractivity contribution in [1.82, 2.24) is 15.2 Å². The number of pyridine rings is 1. The number of hydrogen-bond donors (Lipinski definition) is 2. The summed E-state index contributed by atoms with van der Waals surface area (Å²) in [7, 11) is 2.54. The van der Waals surface area contributed by atoms with Crippen molar-refractivity contribution in [2.45, 2.75) is 39.2 Å². The van der Waals surface area contributed by atoms with Gasteiger partial charge in [0.15, 0.2) is 0 Å². The second kappa shape index (κ2) is 13.5. The normalized spacial score (nSPS) is 17.8. The molecule has 210 valence electrons. The third kappa shape index (κ3) is 8.75. The van der Waals surface area contributed by atoms with E-state index in [1.165, 1.54) is 6.42 Å². The van der Waals surface area contributed by atoms with Crippen LogP contribution < -0.4 is 14.5 Å². The summed E-state index contributed by atoms with van der Waals surface area (Å²) in [4.78, 5) is 23.2. The summed E-state index contributed by atoms with van der Waals surface area (Å²) >= 11 is 0. The van der Waals surface area contributed by atoms with Gasteiger partial charge in [0, 0.05) is 31.7 Å². The average Bonchev–Trinajstić information content (AvgIpc) is 3.58. The lowest BCUT2D eigenvalue weighted by atomic mass is 10.1. The van der Waals surface area contributed by atoms with E-state index in [9.17, 15) is 9.90 Å². The number of aliphatic hydroxyl groups is 1. The molecular weight excluding hydrogens is 494 g/mol. The number of likely N-dealkylation sites (N-methyl/N-ethyl adjacent to an activating group) is 1. The Bertz CT molecular complexity index is 1150. The fraction of sp³-hybridized carbons (Fsp3) is 0.533. The maximum absolute atomic E-state index is 13.6. The number of benzene rings is 1. The molecule has 1 heterocycles. The van der Waals surface area contributed by atoms with Crippen LogP contribution in [-0.2, 0) is 6.42 Å². The Hall–Kier alpha value is -2.55. The molecule has 1 aromatic heterocycles. The van der Waals surface area contributed by atoms with Crippen molar-refractivity contribution in [3.8, 4) is 0 Å². The first-order valence-electron chi connectivity index (χ1n) is 13.6. The van der Waals surface area contributed by atoms with Gasteiger partial charge in [-0.05, 0) is 69.1 Å². The first-order chi connectivity index (χ1) is 18.0. The highest BCUT2D eigenvalue weighted by molar-refractivity contribution is 8.28. The van der Waals surface area contributed by atoms with E-state index in [0.717, 1.165) is 55.7 Å². The first kappa shape index (κ1) is 30.0. The van der Waals surface area contributed by atoms with Crippen LogP contribution in [0.2, 0.25) is 0 Å². The van der Waals surface area contributed by atoms with E-state index in [0.29, 0.717) is 17.9 Å². The number of carbonyl (C=O) groups is 1. The van der Waals surface area contributed by atoms with Gasteiger partial charge in [0.25, 0.3) is 5.91 Å². The van der Waals surface area contributed by atoms with Gasteiger partial charge in [0.2, 0.25) is 0 Å². The van der Waals surface area contributed by atoms with Crippen LogP contribution in [0.3, 0.4) is 0 Å². The zero-order chi connectivity index (χ0) is 27.9. The van der Waals surface area contributed by atoms with Gasteiger partial charge in [-0.25, -0.2) is 4.98 Å². The van der Waals surface area contributed by atoms with Crippen LogP contribution in [0.1, 0.15) is 42.6 Å². The van der Waals surface area contributed by atoms with E-state index in [2.05, 4.69) is 59.1 Å². The van der Waals surface area contributed by atoms with Crippen molar-refractivity contribution in [2.75, 3.05) is 62.3 Å². The Morgan fingerprint density at radius 2 is 1.82 bits per heavy atom. The van der Waals surface area contributed by atoms with Gasteiger partial charge in [0.05, 0.1) is 12.6 Å². The largest absolute Gasteiger partial charge is 0.394 e. The molecule has 2 unspecified atom stereocenters. The quantitative estimate of drug-likeness (QED) is 0.334. The highest BCUT2D eigenvalue weighted by Gasteiger charge is 2.34. The topological polar surface area (TPSA) is 71.9 Å². The molecule has 0 radical (unpaired) electrons. The summed E-state index contributed by atoms with van der Waals surface area (Å²) in [5, 5.41) is 13.1. The van der Waals surface area contributed by atoms with Crippen molar-refractivity contribution in [3.63, 3.8) is 0 Å². The molecule has 2 aromatic rings. The van der Waals surface area contributed by atoms with Crippen molar-refractivity contribution in [2.24, 2.45) is 11.8 Å². The maximum Gasteiger partial charge on any atom is 0.251 e. The van der Waals surface area contributed by atoms with Gasteiger partial charge >= 0.3 is 0 Å². The molecule has 3 atom stereocenters. The predicted molar refractivity (Wildman–Crippen MR) is 166 cm³/mol. The summed E-state index contributed by atoms with van der Waals surface area (Å²) < 4.78 is 2.16. The first-order valence-corrected chi connectivity index (χ1v) is 15.9. The summed E-state index contributed by atoms with van der Waals surface area (Å²) in [5.41, 5.74) is 1.61. The van der Waals surface area contributed by atoms with Crippen molar-refractivity contribution >= 4 is 38.7 Å². The Morgan fingerprint density at radius 1 is 1.16 bits per heavy atom. The van der Waals surface area contributed by atoms with Gasteiger partial charge in [-0.2, -0.15) is 0 Å². The van der Waals surface area contributed by atoms with Crippen molar-refractivity contribution in [1.29, 1.82) is 0 Å². The van der Waals surface area contributed by atoms with Gasteiger partial charge in [-0.1, -0.05) is 55.9 Å². The van der Waals surface area contributed by atoms with Gasteiger partial charge in [-0.3, -0.25) is 4.79 Å². The average molecular weight is 542 g/mol. The fourth-order valence-corrected chi connectivity index (χ4v) is 5.74. The molecule has 0 bridgehead atoms. The van der Waals surface area contributed by atoms with E-state index < -0.39 is 9.39 Å². The lowest BCUT2D eigenvalue weighted by Gasteiger charge is -2.32. The lowest BCUT2D eigenvalue weighted by molar-refractivity contribution is 0.0916. The van der Waals surface area contributed by atoms with E-state index in [1.54, 1.807) is 0 Å². The zero-order valence-electron chi connectivity index (χ0n) is 23.9. The summed E-state index contributed by atoms with van der Waals surface area (Å²) in [5.74, 6) is 11.4. The molecule has 8 heteroatoms. The number of hydrogen-bond acceptors (Lipinski definition) is 6. The Kier molecular flexibility index (Phi) is 10.7. The van der Waals surface area contributed by atoms with Crippen molar-refractivity contribution in [3.05, 3.63) is 53.6 Å². The molecule has 38 heavy (non-hydrogen) atoms. The molecule has 7 nitrogen and oxygen atoms in total. The second-order valence-electron chi connectivity index (χ2n) is 11.2. The van der Waals surface area contributed by atoms with E-state index in [-0.39, 0.29) is 18.6 Å². The Labute approximate surface area is 230 Å². The van der Waals surface area contributed by atoms with E-state index >= 15 is 0 Å². The lowest BCUT2D eigenvalue weighted by Crippen LogP contribution is -2.39. The van der Waals surface area contributed by atoms with Crippen LogP contribution in [0.15, 0.2) is 42.5 Å². The molecular formula is C30H47N5O2S. The second-order valence-corrected chi connectivity index (χ2v) is 14.0. The highest BCUT2D eigenvalue weighted by atomic mass is 32.2. The molecule has 0 aliphatic heterocycles. The van der Waals surface area contributed by atoms with Crippen LogP contribution in [0.5, 0.6) is 0 Å². The molecule has 3 rings (SSSR count). The van der Waals surface area contributed by atoms with Crippen LogP contribution in [0, 0.1) is 11.8 Å². The summed E-state index contributed by atoms with van der Waals surface area (Å²) in [6, 6.07) is 13.3. The maximum atomic E-state index is 13.6. The molecule has 1 aliphatic carbocycles. The minimum atomic E-state index is -1.61. The number of carbonyl (C=O) groups excluding carboxylic acids is 1. The van der Waals surface area contributed by atoms with Crippen LogP contribution in [0.4, 0.5) is 11.6 Å². The zero-order valence-corrected chi connectivity index (χ0v) is 24.7. The van der Waals surface area contributed by atoms with Gasteiger partial charge < -0.3 is 24.5 Å². The molecule has 1 aromatic carbocycles. The molecule has 2 N–H and O–H groups in total. The number of aliphatic hydroxyl groups excluding tert-OH is 1. The number of rotatable bonds is 15. The monoisotopic (exact) mass is 541 g/mol. The standard InChI is InChI=1S/C30H47N5O2S/c1-8-14-35(38(5,6)7)29-20-25(30(37)31-27(22-36)18-24-12-10-9-11-13-24)19-28(32-29)34(16-15-33(3)4)21-26-17-23(26)2/h9-13,19-20,23,26-27,36H,5-6,8,14-18,21-22H2,1-4,7H3,(H,31,37)/t23?,26?,27-/m0/s1. The number of anilines is 2. The Balaban J connectivity index is 1.97. The molecule has 1 aliphatic rings. The van der Waals surface area contributed by atoms with Crippen molar-refractivity contribution < 1.29 is 9.90 Å². The van der Waals surface area contributed by atoms with Crippen LogP contribution in [-0.4, -0.2) is 91.8 Å². The van der Waals surface area contributed by atoms with Gasteiger partial charge in [-0.15, -0.1) is 9.39 Å². The fourth-order valence-electron chi connectivity index (χ4n) is 4.57. The summed E-state index contributed by atoms with van der Waals surface area (Å²) in [6.45, 7) is 7.69. The van der Waals surface area contributed by atoms with Crippen LogP contribution in [0.25, 0.3) is 0 Å². The summed E-state index contributed by atoms with van der Waals surface area (Å²) in [6.07, 6.45) is 4.76. The Morgan fingerprint density at radius 3 is 2.37 bits per heavy atom. The third-order valence-electron chi connectivity index (χ3n) is 7.03. The van der Waals surface area contributed by atoms with Gasteiger partial charge in [0.1, 0.15) is 11.6 Å². The van der Waals surface area contributed by atoms with E-state index in [4.69, 9.17) is 4.98 Å². The number of nitrogens with one attached hydrogen (secondary N) is 1. The minimum absolute atomic E-state index is 0.137. The molecule has 1 fully saturated rings. The smallest absolute Gasteiger partial charge is 0.251 e. The molecule has 1 amide bonds. The highest BCUT2D eigenvalue weighted by Crippen LogP contribution is 2.39. The minimum Gasteiger partial charge on any atom is -0.394 e. The SMILES string of the molecule is C=S(=C)(C)N(CCC)c1cc(C(=O)N[C@H](CO)Cc2ccccc2)cc(N(CCN(C)C)CC2CC2C)n1. The molecule has 0 spiro atoms. The van der Waals surface area contributed by atoms with E-state index in [1.807, 2.05) is 48.7 Å². The number of amides is 1. The third-order valence-corrected chi connectivity index (χ3v) is 8.46. The number of nitrogens with zero attached hydrogens (tertiary/aromatic N) is 4. The molecule has 1 saturated carbocycles.